The second-order valence-corrected chi connectivity index (χ2v) is 9.21. The van der Waals surface area contributed by atoms with Crippen LogP contribution in [0.5, 0.6) is 0 Å². The van der Waals surface area contributed by atoms with Gasteiger partial charge in [0.05, 0.1) is 16.4 Å². The highest BCUT2D eigenvalue weighted by molar-refractivity contribution is 7.89. The average Bonchev–Trinajstić information content (AvgIpc) is 2.69. The first kappa shape index (κ1) is 22.5. The van der Waals surface area contributed by atoms with Crippen molar-refractivity contribution in [2.45, 2.75) is 23.9 Å². The third-order valence-electron chi connectivity index (χ3n) is 4.75. The lowest BCUT2D eigenvalue weighted by Gasteiger charge is -2.31. The first-order chi connectivity index (χ1) is 14.0. The second-order valence-electron chi connectivity index (χ2n) is 6.84. The van der Waals surface area contributed by atoms with Crippen molar-refractivity contribution in [1.29, 1.82) is 0 Å². The summed E-state index contributed by atoms with van der Waals surface area (Å²) in [7, 11) is -3.85. The van der Waals surface area contributed by atoms with Crippen LogP contribution >= 0.6 is 11.6 Å². The third kappa shape index (κ3) is 4.93. The number of nitrogens with zero attached hydrogens (tertiary/aromatic N) is 1. The van der Waals surface area contributed by atoms with Crippen LogP contribution in [0.2, 0.25) is 5.02 Å². The molecule has 1 N–H and O–H groups in total. The first-order valence-electron chi connectivity index (χ1n) is 8.92. The summed E-state index contributed by atoms with van der Waals surface area (Å²) in [5, 5.41) is 2.70. The van der Waals surface area contributed by atoms with Crippen molar-refractivity contribution in [2.24, 2.45) is 5.92 Å². The van der Waals surface area contributed by atoms with Crippen molar-refractivity contribution < 1.29 is 30.8 Å². The number of hydrogen-bond donors (Lipinski definition) is 1. The van der Waals surface area contributed by atoms with Crippen molar-refractivity contribution in [3.05, 3.63) is 58.9 Å². The molecule has 3 rings (SSSR count). The number of carbonyl (C=O) groups is 1. The number of halogens is 5. The Bertz CT molecular complexity index is 1040. The highest BCUT2D eigenvalue weighted by Gasteiger charge is 2.36. The Hall–Kier alpha value is -2.17. The Balaban J connectivity index is 1.74. The molecule has 0 aromatic heterocycles. The Morgan fingerprint density at radius 1 is 1.13 bits per heavy atom. The van der Waals surface area contributed by atoms with E-state index in [2.05, 4.69) is 5.32 Å². The molecular weight excluding hydrogens is 448 g/mol. The fourth-order valence-corrected chi connectivity index (χ4v) is 4.84. The number of hydrogen-bond acceptors (Lipinski definition) is 3. The van der Waals surface area contributed by atoms with Gasteiger partial charge in [-0.2, -0.15) is 17.5 Å². The lowest BCUT2D eigenvalue weighted by Crippen LogP contribution is -2.43. The van der Waals surface area contributed by atoms with E-state index in [0.717, 1.165) is 10.4 Å². The summed E-state index contributed by atoms with van der Waals surface area (Å²) in [6.07, 6.45) is -4.13. The lowest BCUT2D eigenvalue weighted by atomic mass is 9.98. The number of nitrogens with one attached hydrogen (secondary N) is 1. The van der Waals surface area contributed by atoms with Crippen LogP contribution < -0.4 is 5.32 Å². The van der Waals surface area contributed by atoms with Crippen LogP contribution in [0.25, 0.3) is 0 Å². The molecule has 1 unspecified atom stereocenters. The van der Waals surface area contributed by atoms with E-state index in [1.54, 1.807) is 0 Å². The Labute approximate surface area is 175 Å². The van der Waals surface area contributed by atoms with E-state index in [9.17, 15) is 30.8 Å². The van der Waals surface area contributed by atoms with E-state index in [0.29, 0.717) is 30.0 Å². The molecule has 0 spiro atoms. The van der Waals surface area contributed by atoms with Crippen molar-refractivity contribution in [2.75, 3.05) is 18.4 Å². The summed E-state index contributed by atoms with van der Waals surface area (Å²) in [5.41, 5.74) is -1.71. The van der Waals surface area contributed by atoms with Gasteiger partial charge >= 0.3 is 6.18 Å². The Morgan fingerprint density at radius 3 is 2.43 bits per heavy atom. The van der Waals surface area contributed by atoms with Gasteiger partial charge < -0.3 is 5.32 Å². The van der Waals surface area contributed by atoms with E-state index in [4.69, 9.17) is 11.6 Å². The zero-order chi connectivity index (χ0) is 22.1. The van der Waals surface area contributed by atoms with Gasteiger partial charge in [-0.25, -0.2) is 12.8 Å². The van der Waals surface area contributed by atoms with Crippen molar-refractivity contribution in [3.63, 3.8) is 0 Å². The second kappa shape index (κ2) is 8.52. The maximum Gasteiger partial charge on any atom is 0.419 e. The van der Waals surface area contributed by atoms with Gasteiger partial charge in [0.25, 0.3) is 0 Å². The van der Waals surface area contributed by atoms with E-state index < -0.39 is 39.4 Å². The Kier molecular flexibility index (Phi) is 6.40. The zero-order valence-corrected chi connectivity index (χ0v) is 17.0. The van der Waals surface area contributed by atoms with Crippen LogP contribution in [0.4, 0.5) is 23.2 Å². The molecular formula is C19H17ClF4N2O3S. The van der Waals surface area contributed by atoms with Gasteiger partial charge in [-0.15, -0.1) is 0 Å². The molecule has 1 heterocycles. The Morgan fingerprint density at radius 2 is 1.80 bits per heavy atom. The summed E-state index contributed by atoms with van der Waals surface area (Å²) in [6, 6.07) is 7.75. The van der Waals surface area contributed by atoms with Crippen molar-refractivity contribution in [1.82, 2.24) is 4.31 Å². The van der Waals surface area contributed by atoms with E-state index >= 15 is 0 Å². The molecule has 1 aliphatic rings. The highest BCUT2D eigenvalue weighted by Crippen LogP contribution is 2.33. The molecule has 0 saturated carbocycles. The van der Waals surface area contributed by atoms with Crippen LogP contribution in [0.1, 0.15) is 18.4 Å². The molecule has 1 atom stereocenters. The quantitative estimate of drug-likeness (QED) is 0.676. The molecule has 1 amide bonds. The molecule has 1 fully saturated rings. The van der Waals surface area contributed by atoms with Crippen LogP contribution in [0, 0.1) is 11.7 Å². The van der Waals surface area contributed by atoms with Crippen molar-refractivity contribution in [3.8, 4) is 0 Å². The van der Waals surface area contributed by atoms with Crippen LogP contribution in [0.3, 0.4) is 0 Å². The van der Waals surface area contributed by atoms with Crippen LogP contribution in [-0.4, -0.2) is 31.7 Å². The molecule has 0 radical (unpaired) electrons. The van der Waals surface area contributed by atoms with Gasteiger partial charge in [-0.1, -0.05) is 11.6 Å². The smallest absolute Gasteiger partial charge is 0.326 e. The van der Waals surface area contributed by atoms with Crippen LogP contribution in [0.15, 0.2) is 47.4 Å². The van der Waals surface area contributed by atoms with E-state index in [1.165, 1.54) is 24.3 Å². The number of carbonyl (C=O) groups excluding carboxylic acids is 1. The topological polar surface area (TPSA) is 66.5 Å². The fourth-order valence-electron chi connectivity index (χ4n) is 3.19. The number of benzene rings is 2. The van der Waals surface area contributed by atoms with Gasteiger partial charge in [-0.3, -0.25) is 4.79 Å². The molecule has 1 saturated heterocycles. The number of amides is 1. The van der Waals surface area contributed by atoms with Gasteiger partial charge in [0.15, 0.2) is 0 Å². The standard InChI is InChI=1S/C19H17ClF4N2O3S/c20-13-3-6-15(7-4-13)30(28,29)26-9-1-2-12(11-26)18(27)25-14-5-8-17(21)16(10-14)19(22,23)24/h3-8,10,12H,1-2,9,11H2,(H,25,27). The summed E-state index contributed by atoms with van der Waals surface area (Å²) < 4.78 is 78.7. The molecule has 2 aromatic rings. The summed E-state index contributed by atoms with van der Waals surface area (Å²) in [4.78, 5) is 12.6. The minimum Gasteiger partial charge on any atom is -0.326 e. The zero-order valence-electron chi connectivity index (χ0n) is 15.4. The van der Waals surface area contributed by atoms with E-state index in [-0.39, 0.29) is 23.7 Å². The first-order valence-corrected chi connectivity index (χ1v) is 10.7. The largest absolute Gasteiger partial charge is 0.419 e. The number of anilines is 1. The SMILES string of the molecule is O=C(Nc1ccc(F)c(C(F)(F)F)c1)C1CCCN(S(=O)(=O)c2ccc(Cl)cc2)C1. The molecule has 2 aromatic carbocycles. The molecule has 11 heteroatoms. The predicted octanol–water partition coefficient (Wildman–Crippen LogP) is 4.54. The molecule has 1 aliphatic heterocycles. The maximum atomic E-state index is 13.4. The average molecular weight is 465 g/mol. The van der Waals surface area contributed by atoms with E-state index in [1.807, 2.05) is 0 Å². The van der Waals surface area contributed by atoms with Crippen LogP contribution in [-0.2, 0) is 21.0 Å². The third-order valence-corrected chi connectivity index (χ3v) is 6.88. The van der Waals surface area contributed by atoms with Gasteiger partial charge in [0, 0.05) is 23.8 Å². The molecule has 0 bridgehead atoms. The minimum absolute atomic E-state index is 0.0290. The van der Waals surface area contributed by atoms with Crippen molar-refractivity contribution >= 4 is 33.2 Å². The predicted molar refractivity (Wildman–Crippen MR) is 103 cm³/mol. The molecule has 5 nitrogen and oxygen atoms in total. The van der Waals surface area contributed by atoms with Gasteiger partial charge in [-0.05, 0) is 55.3 Å². The maximum absolute atomic E-state index is 13.4. The van der Waals surface area contributed by atoms with Gasteiger partial charge in [0.2, 0.25) is 15.9 Å². The highest BCUT2D eigenvalue weighted by atomic mass is 35.5. The fraction of sp³-hybridized carbons (Fsp3) is 0.316. The molecule has 0 aliphatic carbocycles. The monoisotopic (exact) mass is 464 g/mol. The normalized spacial score (nSPS) is 18.2. The minimum atomic E-state index is -4.90. The number of alkyl halides is 3. The summed E-state index contributed by atoms with van der Waals surface area (Å²) in [6.45, 7) is 0.0909. The molecule has 30 heavy (non-hydrogen) atoms. The number of rotatable bonds is 4. The molecule has 162 valence electrons. The van der Waals surface area contributed by atoms with Gasteiger partial charge in [0.1, 0.15) is 5.82 Å². The summed E-state index contributed by atoms with van der Waals surface area (Å²) >= 11 is 5.78. The summed E-state index contributed by atoms with van der Waals surface area (Å²) in [5.74, 6) is -2.84. The number of piperidine rings is 1. The number of sulfonamides is 1. The lowest BCUT2D eigenvalue weighted by molar-refractivity contribution is -0.140.